The van der Waals surface area contributed by atoms with E-state index < -0.39 is 5.67 Å². The van der Waals surface area contributed by atoms with Gasteiger partial charge in [-0.3, -0.25) is 0 Å². The summed E-state index contributed by atoms with van der Waals surface area (Å²) in [6.07, 6.45) is 3.50. The smallest absolute Gasteiger partial charge is 0.120 e. The van der Waals surface area contributed by atoms with Crippen molar-refractivity contribution in [3.8, 4) is 0 Å². The molecule has 0 bridgehead atoms. The Morgan fingerprint density at radius 1 is 1.37 bits per heavy atom. The van der Waals surface area contributed by atoms with E-state index in [1.165, 1.54) is 10.9 Å². The van der Waals surface area contributed by atoms with Gasteiger partial charge in [0.25, 0.3) is 0 Å². The lowest BCUT2D eigenvalue weighted by Gasteiger charge is -2.22. The minimum Gasteiger partial charge on any atom is -0.361 e. The normalized spacial score (nSPS) is 16.4. The zero-order chi connectivity index (χ0) is 13.9. The maximum Gasteiger partial charge on any atom is 0.120 e. The molecule has 3 heteroatoms. The van der Waals surface area contributed by atoms with Crippen molar-refractivity contribution in [1.82, 2.24) is 10.3 Å². The van der Waals surface area contributed by atoms with Crippen LogP contribution in [-0.4, -0.2) is 23.2 Å². The summed E-state index contributed by atoms with van der Waals surface area (Å²) in [5, 5.41) is 4.55. The van der Waals surface area contributed by atoms with E-state index in [0.29, 0.717) is 13.0 Å². The second-order valence-corrected chi connectivity index (χ2v) is 5.61. The molecule has 0 amide bonds. The zero-order valence-corrected chi connectivity index (χ0v) is 12.0. The second-order valence-electron chi connectivity index (χ2n) is 5.61. The van der Waals surface area contributed by atoms with Gasteiger partial charge in [-0.1, -0.05) is 25.1 Å². The minimum atomic E-state index is -1.12. The molecule has 0 aliphatic heterocycles. The number of benzene rings is 1. The predicted molar refractivity (Wildman–Crippen MR) is 79.3 cm³/mol. The van der Waals surface area contributed by atoms with E-state index in [2.05, 4.69) is 35.6 Å². The van der Waals surface area contributed by atoms with Gasteiger partial charge in [-0.15, -0.1) is 0 Å². The fraction of sp³-hybridized carbons (Fsp3) is 0.500. The number of aromatic nitrogens is 1. The molecule has 0 spiro atoms. The lowest BCUT2D eigenvalue weighted by molar-refractivity contribution is 0.173. The second kappa shape index (κ2) is 5.74. The Bertz CT molecular complexity index is 530. The van der Waals surface area contributed by atoms with Gasteiger partial charge in [-0.25, -0.2) is 4.39 Å². The summed E-state index contributed by atoms with van der Waals surface area (Å²) < 4.78 is 13.8. The Labute approximate surface area is 114 Å². The molecule has 104 valence electrons. The summed E-state index contributed by atoms with van der Waals surface area (Å²) in [5.41, 5.74) is 1.33. The molecular formula is C16H23FN2. The molecule has 0 fully saturated rings. The van der Waals surface area contributed by atoms with E-state index in [-0.39, 0.29) is 6.04 Å². The largest absolute Gasteiger partial charge is 0.361 e. The fourth-order valence-corrected chi connectivity index (χ4v) is 2.21. The van der Waals surface area contributed by atoms with Crippen LogP contribution in [-0.2, 0) is 6.42 Å². The van der Waals surface area contributed by atoms with Crippen molar-refractivity contribution in [3.05, 3.63) is 36.0 Å². The van der Waals surface area contributed by atoms with E-state index in [0.717, 1.165) is 11.9 Å². The molecule has 2 nitrogen and oxygen atoms in total. The minimum absolute atomic E-state index is 0.265. The van der Waals surface area contributed by atoms with Crippen LogP contribution in [0.5, 0.6) is 0 Å². The molecule has 2 rings (SSSR count). The molecule has 1 aromatic carbocycles. The number of aromatic amines is 1. The number of hydrogen-bond donors (Lipinski definition) is 2. The summed E-state index contributed by atoms with van der Waals surface area (Å²) >= 11 is 0. The van der Waals surface area contributed by atoms with Gasteiger partial charge in [0.05, 0.1) is 0 Å². The van der Waals surface area contributed by atoms with E-state index in [9.17, 15) is 4.39 Å². The van der Waals surface area contributed by atoms with Crippen LogP contribution in [0.4, 0.5) is 4.39 Å². The number of rotatable bonds is 6. The van der Waals surface area contributed by atoms with Crippen molar-refractivity contribution >= 4 is 10.9 Å². The number of fused-ring (bicyclic) bond motifs is 1. The van der Waals surface area contributed by atoms with Crippen LogP contribution < -0.4 is 5.32 Å². The first kappa shape index (κ1) is 14.1. The first-order valence-electron chi connectivity index (χ1n) is 6.99. The van der Waals surface area contributed by atoms with Gasteiger partial charge in [0.15, 0.2) is 0 Å². The van der Waals surface area contributed by atoms with E-state index in [4.69, 9.17) is 0 Å². The number of alkyl halides is 1. The molecule has 0 aliphatic rings. The Morgan fingerprint density at radius 3 is 2.84 bits per heavy atom. The summed E-state index contributed by atoms with van der Waals surface area (Å²) in [6.45, 7) is 6.05. The maximum atomic E-state index is 13.8. The van der Waals surface area contributed by atoms with Gasteiger partial charge in [0, 0.05) is 29.7 Å². The molecule has 1 heterocycles. The van der Waals surface area contributed by atoms with Crippen LogP contribution >= 0.6 is 0 Å². The lowest BCUT2D eigenvalue weighted by Crippen LogP contribution is -2.39. The average Bonchev–Trinajstić information content (AvgIpc) is 2.80. The standard InChI is InChI=1S/C16H23FN2/c1-4-16(3,17)11-19-12(2)9-13-10-18-15-8-6-5-7-14(13)15/h5-8,10,12,18-19H,4,9,11H2,1-3H3/t12-,16?/m1/s1. The molecule has 0 aliphatic carbocycles. The molecule has 2 N–H and O–H groups in total. The molecule has 2 atom stereocenters. The van der Waals surface area contributed by atoms with Gasteiger partial charge in [0.1, 0.15) is 5.67 Å². The molecule has 0 saturated heterocycles. The van der Waals surface area contributed by atoms with Gasteiger partial charge in [0.2, 0.25) is 0 Å². The number of para-hydroxylation sites is 1. The van der Waals surface area contributed by atoms with Gasteiger partial charge in [-0.2, -0.15) is 0 Å². The number of H-pyrrole nitrogens is 1. The molecule has 0 saturated carbocycles. The van der Waals surface area contributed by atoms with Crippen molar-refractivity contribution in [1.29, 1.82) is 0 Å². The highest BCUT2D eigenvalue weighted by Gasteiger charge is 2.21. The van der Waals surface area contributed by atoms with Crippen molar-refractivity contribution in [2.75, 3.05) is 6.54 Å². The van der Waals surface area contributed by atoms with Crippen LogP contribution in [0.25, 0.3) is 10.9 Å². The van der Waals surface area contributed by atoms with Gasteiger partial charge >= 0.3 is 0 Å². The first-order valence-corrected chi connectivity index (χ1v) is 6.99. The topological polar surface area (TPSA) is 27.8 Å². The highest BCUT2D eigenvalue weighted by molar-refractivity contribution is 5.83. The Kier molecular flexibility index (Phi) is 4.25. The van der Waals surface area contributed by atoms with E-state index >= 15 is 0 Å². The number of halogens is 1. The maximum absolute atomic E-state index is 13.8. The predicted octanol–water partition coefficient (Wildman–Crippen LogP) is 3.83. The highest BCUT2D eigenvalue weighted by atomic mass is 19.1. The van der Waals surface area contributed by atoms with Crippen LogP contribution in [0, 0.1) is 0 Å². The lowest BCUT2D eigenvalue weighted by atomic mass is 10.0. The number of hydrogen-bond acceptors (Lipinski definition) is 1. The summed E-state index contributed by atoms with van der Waals surface area (Å²) in [5.74, 6) is 0. The van der Waals surface area contributed by atoms with Crippen LogP contribution in [0.1, 0.15) is 32.8 Å². The summed E-state index contributed by atoms with van der Waals surface area (Å²) in [4.78, 5) is 3.28. The van der Waals surface area contributed by atoms with Crippen LogP contribution in [0.2, 0.25) is 0 Å². The average molecular weight is 262 g/mol. The third kappa shape index (κ3) is 3.57. The monoisotopic (exact) mass is 262 g/mol. The quantitative estimate of drug-likeness (QED) is 0.813. The molecule has 1 aromatic heterocycles. The molecule has 0 radical (unpaired) electrons. The van der Waals surface area contributed by atoms with Gasteiger partial charge in [-0.05, 0) is 38.3 Å². The molecule has 1 unspecified atom stereocenters. The van der Waals surface area contributed by atoms with Crippen LogP contribution in [0.15, 0.2) is 30.5 Å². The third-order valence-electron chi connectivity index (χ3n) is 3.76. The SMILES string of the molecule is CCC(C)(F)CN[C@H](C)Cc1c[nH]c2ccccc12. The first-order chi connectivity index (χ1) is 9.02. The van der Waals surface area contributed by atoms with Crippen LogP contribution in [0.3, 0.4) is 0 Å². The molecule has 19 heavy (non-hydrogen) atoms. The van der Waals surface area contributed by atoms with Crippen molar-refractivity contribution in [2.24, 2.45) is 0 Å². The van der Waals surface area contributed by atoms with Crippen molar-refractivity contribution < 1.29 is 4.39 Å². The summed E-state index contributed by atoms with van der Waals surface area (Å²) in [7, 11) is 0. The highest BCUT2D eigenvalue weighted by Crippen LogP contribution is 2.19. The summed E-state index contributed by atoms with van der Waals surface area (Å²) in [6, 6.07) is 8.54. The van der Waals surface area contributed by atoms with E-state index in [1.807, 2.05) is 19.1 Å². The molecular weight excluding hydrogens is 239 g/mol. The zero-order valence-electron chi connectivity index (χ0n) is 12.0. The Balaban J connectivity index is 1.97. The fourth-order valence-electron chi connectivity index (χ4n) is 2.21. The van der Waals surface area contributed by atoms with Crippen molar-refractivity contribution in [2.45, 2.75) is 45.3 Å². The molecule has 2 aromatic rings. The van der Waals surface area contributed by atoms with Crippen molar-refractivity contribution in [3.63, 3.8) is 0 Å². The number of nitrogens with one attached hydrogen (secondary N) is 2. The third-order valence-corrected chi connectivity index (χ3v) is 3.76. The van der Waals surface area contributed by atoms with Gasteiger partial charge < -0.3 is 10.3 Å². The Hall–Kier alpha value is -1.35. The Morgan fingerprint density at radius 2 is 2.11 bits per heavy atom. The van der Waals surface area contributed by atoms with E-state index in [1.54, 1.807) is 6.92 Å².